The number of carbonyl (C=O) groups is 2. The highest BCUT2D eigenvalue weighted by Gasteiger charge is 2.21. The zero-order valence-corrected chi connectivity index (χ0v) is 14.4. The average Bonchev–Trinajstić information content (AvgIpc) is 2.62. The van der Waals surface area contributed by atoms with Crippen LogP contribution in [0.4, 0.5) is 5.69 Å². The smallest absolute Gasteiger partial charge is 0.225 e. The Morgan fingerprint density at radius 2 is 1.72 bits per heavy atom. The predicted molar refractivity (Wildman–Crippen MR) is 98.5 cm³/mol. The monoisotopic (exact) mass is 340 g/mol. The molecule has 1 unspecified atom stereocenters. The number of anilines is 1. The predicted octanol–water partition coefficient (Wildman–Crippen LogP) is 3.46. The van der Waals surface area contributed by atoms with Crippen molar-refractivity contribution in [2.75, 3.05) is 12.4 Å². The third-order valence-corrected chi connectivity index (χ3v) is 4.06. The lowest BCUT2D eigenvalue weighted by atomic mass is 9.92. The SMILES string of the molecule is COc1ccccc1C(CCCCC(=O)Nc1ccccc1)C(N)=O. The zero-order valence-electron chi connectivity index (χ0n) is 14.4. The third-order valence-electron chi connectivity index (χ3n) is 4.06. The Hall–Kier alpha value is -2.82. The standard InChI is InChI=1S/C20H24N2O3/c1-25-18-13-7-5-11-16(18)17(20(21)24)12-6-8-14-19(23)22-15-9-3-2-4-10-15/h2-5,7,9-11,13,17H,6,8,12,14H2,1H3,(H2,21,24)(H,22,23). The lowest BCUT2D eigenvalue weighted by molar-refractivity contribution is -0.119. The van der Waals surface area contributed by atoms with Crippen LogP contribution in [0.2, 0.25) is 0 Å². The van der Waals surface area contributed by atoms with Gasteiger partial charge in [-0.1, -0.05) is 42.8 Å². The van der Waals surface area contributed by atoms with E-state index < -0.39 is 5.92 Å². The van der Waals surface area contributed by atoms with Crippen LogP contribution in [-0.4, -0.2) is 18.9 Å². The molecule has 5 nitrogen and oxygen atoms in total. The van der Waals surface area contributed by atoms with Crippen molar-refractivity contribution in [3.8, 4) is 5.75 Å². The molecule has 0 bridgehead atoms. The lowest BCUT2D eigenvalue weighted by Gasteiger charge is -2.16. The van der Waals surface area contributed by atoms with Gasteiger partial charge >= 0.3 is 0 Å². The molecule has 2 amide bonds. The molecule has 0 saturated carbocycles. The summed E-state index contributed by atoms with van der Waals surface area (Å²) in [5, 5.41) is 2.85. The number of nitrogens with two attached hydrogens (primary N) is 1. The molecular formula is C20H24N2O3. The summed E-state index contributed by atoms with van der Waals surface area (Å²) in [5.41, 5.74) is 7.15. The van der Waals surface area contributed by atoms with Crippen LogP contribution in [0.25, 0.3) is 0 Å². The number of methoxy groups -OCH3 is 1. The Kier molecular flexibility index (Phi) is 7.01. The first-order valence-electron chi connectivity index (χ1n) is 8.39. The molecule has 0 spiro atoms. The van der Waals surface area contributed by atoms with E-state index in [0.717, 1.165) is 17.7 Å². The molecule has 2 aromatic rings. The molecule has 25 heavy (non-hydrogen) atoms. The number of unbranched alkanes of at least 4 members (excludes halogenated alkanes) is 1. The van der Waals surface area contributed by atoms with Crippen LogP contribution in [0.1, 0.15) is 37.2 Å². The van der Waals surface area contributed by atoms with Crippen molar-refractivity contribution in [2.45, 2.75) is 31.6 Å². The fourth-order valence-electron chi connectivity index (χ4n) is 2.78. The molecule has 0 heterocycles. The van der Waals surface area contributed by atoms with Gasteiger partial charge in [-0.2, -0.15) is 0 Å². The second-order valence-electron chi connectivity index (χ2n) is 5.86. The highest BCUT2D eigenvalue weighted by molar-refractivity contribution is 5.90. The molecule has 0 aliphatic heterocycles. The minimum Gasteiger partial charge on any atom is -0.496 e. The number of carbonyl (C=O) groups excluding carboxylic acids is 2. The Balaban J connectivity index is 1.84. The molecule has 0 aliphatic carbocycles. The highest BCUT2D eigenvalue weighted by atomic mass is 16.5. The van der Waals surface area contributed by atoms with Gasteiger partial charge in [-0.05, 0) is 31.0 Å². The number of nitrogens with one attached hydrogen (secondary N) is 1. The third kappa shape index (κ3) is 5.64. The minimum absolute atomic E-state index is 0.0286. The van der Waals surface area contributed by atoms with E-state index in [4.69, 9.17) is 10.5 Å². The van der Waals surface area contributed by atoms with Crippen molar-refractivity contribution in [3.63, 3.8) is 0 Å². The van der Waals surface area contributed by atoms with Gasteiger partial charge < -0.3 is 15.8 Å². The zero-order chi connectivity index (χ0) is 18.1. The molecule has 0 fully saturated rings. The van der Waals surface area contributed by atoms with Crippen molar-refractivity contribution in [2.24, 2.45) is 5.73 Å². The summed E-state index contributed by atoms with van der Waals surface area (Å²) < 4.78 is 5.32. The van der Waals surface area contributed by atoms with E-state index in [0.29, 0.717) is 25.0 Å². The van der Waals surface area contributed by atoms with Crippen molar-refractivity contribution in [1.29, 1.82) is 0 Å². The number of benzene rings is 2. The summed E-state index contributed by atoms with van der Waals surface area (Å²) in [7, 11) is 1.57. The van der Waals surface area contributed by atoms with E-state index in [1.807, 2.05) is 54.6 Å². The molecule has 2 rings (SSSR count). The number of amides is 2. The van der Waals surface area contributed by atoms with Crippen LogP contribution in [-0.2, 0) is 9.59 Å². The fourth-order valence-corrected chi connectivity index (χ4v) is 2.78. The number of hydrogen-bond acceptors (Lipinski definition) is 3. The van der Waals surface area contributed by atoms with E-state index >= 15 is 0 Å². The van der Waals surface area contributed by atoms with Crippen molar-refractivity contribution < 1.29 is 14.3 Å². The summed E-state index contributed by atoms with van der Waals surface area (Å²) in [6.45, 7) is 0. The van der Waals surface area contributed by atoms with Gasteiger partial charge in [0.15, 0.2) is 0 Å². The van der Waals surface area contributed by atoms with Crippen molar-refractivity contribution >= 4 is 17.5 Å². The van der Waals surface area contributed by atoms with Crippen LogP contribution in [0.3, 0.4) is 0 Å². The molecule has 2 aromatic carbocycles. The van der Waals surface area contributed by atoms with E-state index in [2.05, 4.69) is 5.32 Å². The summed E-state index contributed by atoms with van der Waals surface area (Å²) in [6, 6.07) is 16.7. The maximum atomic E-state index is 11.9. The number of hydrogen-bond donors (Lipinski definition) is 2. The van der Waals surface area contributed by atoms with E-state index in [-0.39, 0.29) is 11.8 Å². The van der Waals surface area contributed by atoms with Crippen LogP contribution in [0.5, 0.6) is 5.75 Å². The van der Waals surface area contributed by atoms with Gasteiger partial charge in [0.2, 0.25) is 11.8 Å². The molecule has 0 aliphatic rings. The molecule has 132 valence electrons. The van der Waals surface area contributed by atoms with Gasteiger partial charge in [0.05, 0.1) is 13.0 Å². The molecule has 0 radical (unpaired) electrons. The Bertz CT molecular complexity index is 701. The van der Waals surface area contributed by atoms with Crippen LogP contribution in [0, 0.1) is 0 Å². The Morgan fingerprint density at radius 3 is 2.40 bits per heavy atom. The number of primary amides is 1. The van der Waals surface area contributed by atoms with Crippen LogP contribution in [0.15, 0.2) is 54.6 Å². The maximum Gasteiger partial charge on any atom is 0.225 e. The molecular weight excluding hydrogens is 316 g/mol. The quantitative estimate of drug-likeness (QED) is 0.686. The Morgan fingerprint density at radius 1 is 1.04 bits per heavy atom. The molecule has 0 saturated heterocycles. The van der Waals surface area contributed by atoms with E-state index in [1.54, 1.807) is 7.11 Å². The minimum atomic E-state index is -0.409. The first kappa shape index (κ1) is 18.5. The van der Waals surface area contributed by atoms with Crippen LogP contribution >= 0.6 is 0 Å². The lowest BCUT2D eigenvalue weighted by Crippen LogP contribution is -2.22. The van der Waals surface area contributed by atoms with Gasteiger partial charge in [0.25, 0.3) is 0 Å². The second-order valence-corrected chi connectivity index (χ2v) is 5.86. The summed E-state index contributed by atoms with van der Waals surface area (Å²) >= 11 is 0. The topological polar surface area (TPSA) is 81.4 Å². The summed E-state index contributed by atoms with van der Waals surface area (Å²) in [6.07, 6.45) is 2.42. The Labute approximate surface area is 148 Å². The average molecular weight is 340 g/mol. The van der Waals surface area contributed by atoms with Gasteiger partial charge in [-0.3, -0.25) is 9.59 Å². The van der Waals surface area contributed by atoms with E-state index in [1.165, 1.54) is 0 Å². The van der Waals surface area contributed by atoms with Crippen molar-refractivity contribution in [3.05, 3.63) is 60.2 Å². The highest BCUT2D eigenvalue weighted by Crippen LogP contribution is 2.30. The van der Waals surface area contributed by atoms with Gasteiger partial charge in [-0.15, -0.1) is 0 Å². The number of rotatable bonds is 9. The maximum absolute atomic E-state index is 11.9. The molecule has 1 atom stereocenters. The first-order valence-corrected chi connectivity index (χ1v) is 8.39. The van der Waals surface area contributed by atoms with Gasteiger partial charge in [-0.25, -0.2) is 0 Å². The fraction of sp³-hybridized carbons (Fsp3) is 0.300. The molecule has 0 aromatic heterocycles. The van der Waals surface area contributed by atoms with Crippen LogP contribution < -0.4 is 15.8 Å². The molecule has 3 N–H and O–H groups in total. The second kappa shape index (κ2) is 9.47. The van der Waals surface area contributed by atoms with Gasteiger partial charge in [0.1, 0.15) is 5.75 Å². The largest absolute Gasteiger partial charge is 0.496 e. The summed E-state index contributed by atoms with van der Waals surface area (Å²) in [5.74, 6) is -0.154. The van der Waals surface area contributed by atoms with Crippen molar-refractivity contribution in [1.82, 2.24) is 0 Å². The molecule has 5 heteroatoms. The number of para-hydroxylation sites is 2. The van der Waals surface area contributed by atoms with Gasteiger partial charge in [0, 0.05) is 17.7 Å². The normalized spacial score (nSPS) is 11.6. The summed E-state index contributed by atoms with van der Waals surface area (Å²) in [4.78, 5) is 23.8. The number of ether oxygens (including phenoxy) is 1. The first-order chi connectivity index (χ1) is 12.1. The van der Waals surface area contributed by atoms with E-state index in [9.17, 15) is 9.59 Å².